The van der Waals surface area contributed by atoms with Crippen LogP contribution in [-0.2, 0) is 0 Å². The SMILES string of the molecule is NCC#Cc1ccc(C(=O)N2CCSCC2)cc1. The number of hydrogen-bond donors (Lipinski definition) is 1. The van der Waals surface area contributed by atoms with E-state index in [9.17, 15) is 4.79 Å². The number of amides is 1. The molecule has 1 aliphatic rings. The zero-order valence-electron chi connectivity index (χ0n) is 10.2. The molecule has 1 aromatic rings. The summed E-state index contributed by atoms with van der Waals surface area (Å²) in [6.07, 6.45) is 0. The van der Waals surface area contributed by atoms with Crippen LogP contribution in [0.2, 0.25) is 0 Å². The molecule has 2 N–H and O–H groups in total. The average molecular weight is 260 g/mol. The quantitative estimate of drug-likeness (QED) is 0.771. The number of rotatable bonds is 1. The van der Waals surface area contributed by atoms with Gasteiger partial charge in [-0.3, -0.25) is 4.79 Å². The maximum absolute atomic E-state index is 12.2. The highest BCUT2D eigenvalue weighted by atomic mass is 32.2. The van der Waals surface area contributed by atoms with Crippen LogP contribution in [0, 0.1) is 11.8 Å². The zero-order chi connectivity index (χ0) is 12.8. The molecule has 0 unspecified atom stereocenters. The third kappa shape index (κ3) is 3.28. The zero-order valence-corrected chi connectivity index (χ0v) is 11.0. The smallest absolute Gasteiger partial charge is 0.253 e. The Bertz CT molecular complexity index is 467. The highest BCUT2D eigenvalue weighted by Gasteiger charge is 2.17. The average Bonchev–Trinajstić information content (AvgIpc) is 2.46. The van der Waals surface area contributed by atoms with Crippen molar-refractivity contribution in [2.75, 3.05) is 31.1 Å². The highest BCUT2D eigenvalue weighted by molar-refractivity contribution is 7.99. The molecule has 0 spiro atoms. The minimum atomic E-state index is 0.119. The maximum atomic E-state index is 12.2. The van der Waals surface area contributed by atoms with Gasteiger partial charge < -0.3 is 10.6 Å². The van der Waals surface area contributed by atoms with Crippen molar-refractivity contribution in [1.82, 2.24) is 4.90 Å². The molecule has 0 aromatic heterocycles. The van der Waals surface area contributed by atoms with Crippen molar-refractivity contribution < 1.29 is 4.79 Å². The molecule has 3 nitrogen and oxygen atoms in total. The number of thioether (sulfide) groups is 1. The van der Waals surface area contributed by atoms with E-state index >= 15 is 0 Å². The van der Waals surface area contributed by atoms with Crippen molar-refractivity contribution in [3.05, 3.63) is 35.4 Å². The van der Waals surface area contributed by atoms with Crippen LogP contribution in [0.5, 0.6) is 0 Å². The Morgan fingerprint density at radius 3 is 2.56 bits per heavy atom. The van der Waals surface area contributed by atoms with Crippen LogP contribution in [0.25, 0.3) is 0 Å². The second kappa shape index (κ2) is 6.48. The van der Waals surface area contributed by atoms with E-state index in [4.69, 9.17) is 5.73 Å². The van der Waals surface area contributed by atoms with Crippen molar-refractivity contribution in [2.24, 2.45) is 5.73 Å². The maximum Gasteiger partial charge on any atom is 0.253 e. The molecule has 1 heterocycles. The first-order valence-corrected chi connectivity index (χ1v) is 7.13. The van der Waals surface area contributed by atoms with Gasteiger partial charge in [0.1, 0.15) is 0 Å². The van der Waals surface area contributed by atoms with E-state index < -0.39 is 0 Å². The number of carbonyl (C=O) groups excluding carboxylic acids is 1. The predicted molar refractivity (Wildman–Crippen MR) is 75.6 cm³/mol. The van der Waals surface area contributed by atoms with Gasteiger partial charge in [0.05, 0.1) is 6.54 Å². The summed E-state index contributed by atoms with van der Waals surface area (Å²) in [5.41, 5.74) is 6.95. The normalized spacial score (nSPS) is 14.8. The molecule has 1 aliphatic heterocycles. The van der Waals surface area contributed by atoms with Gasteiger partial charge in [-0.05, 0) is 24.3 Å². The van der Waals surface area contributed by atoms with Gasteiger partial charge in [-0.2, -0.15) is 11.8 Å². The van der Waals surface area contributed by atoms with E-state index in [2.05, 4.69) is 11.8 Å². The van der Waals surface area contributed by atoms with Crippen LogP contribution in [0.3, 0.4) is 0 Å². The third-order valence-electron chi connectivity index (χ3n) is 2.76. The first-order valence-electron chi connectivity index (χ1n) is 5.97. The van der Waals surface area contributed by atoms with Crippen LogP contribution in [-0.4, -0.2) is 41.9 Å². The molecule has 0 atom stereocenters. The fourth-order valence-electron chi connectivity index (χ4n) is 1.80. The van der Waals surface area contributed by atoms with Gasteiger partial charge in [-0.15, -0.1) is 0 Å². The molecule has 94 valence electrons. The predicted octanol–water partition coefficient (Wildman–Crippen LogP) is 1.19. The molecule has 1 fully saturated rings. The van der Waals surface area contributed by atoms with Gasteiger partial charge in [-0.1, -0.05) is 11.8 Å². The minimum Gasteiger partial charge on any atom is -0.337 e. The summed E-state index contributed by atoms with van der Waals surface area (Å²) in [5, 5.41) is 0. The summed E-state index contributed by atoms with van der Waals surface area (Å²) in [4.78, 5) is 14.1. The molecule has 1 aromatic carbocycles. The standard InChI is InChI=1S/C14H16N2OS/c15-7-1-2-12-3-5-13(6-4-12)14(17)16-8-10-18-11-9-16/h3-6H,7-11,15H2. The van der Waals surface area contributed by atoms with Crippen LogP contribution in [0.1, 0.15) is 15.9 Å². The Labute approximate surface area is 112 Å². The largest absolute Gasteiger partial charge is 0.337 e. The molecule has 4 heteroatoms. The Morgan fingerprint density at radius 2 is 1.94 bits per heavy atom. The molecule has 1 amide bonds. The van der Waals surface area contributed by atoms with E-state index in [-0.39, 0.29) is 5.91 Å². The van der Waals surface area contributed by atoms with Gasteiger partial charge in [0.25, 0.3) is 5.91 Å². The number of benzene rings is 1. The third-order valence-corrected chi connectivity index (χ3v) is 3.71. The molecule has 1 saturated heterocycles. The lowest BCUT2D eigenvalue weighted by atomic mass is 10.1. The highest BCUT2D eigenvalue weighted by Crippen LogP contribution is 2.13. The van der Waals surface area contributed by atoms with Gasteiger partial charge in [0, 0.05) is 35.7 Å². The minimum absolute atomic E-state index is 0.119. The Morgan fingerprint density at radius 1 is 1.28 bits per heavy atom. The van der Waals surface area contributed by atoms with Crippen molar-refractivity contribution in [3.8, 4) is 11.8 Å². The molecule has 0 bridgehead atoms. The number of carbonyl (C=O) groups is 1. The molecular weight excluding hydrogens is 244 g/mol. The van der Waals surface area contributed by atoms with Crippen LogP contribution in [0.4, 0.5) is 0 Å². The summed E-state index contributed by atoms with van der Waals surface area (Å²) in [6.45, 7) is 2.04. The summed E-state index contributed by atoms with van der Waals surface area (Å²) in [6, 6.07) is 7.42. The van der Waals surface area contributed by atoms with E-state index in [0.29, 0.717) is 6.54 Å². The van der Waals surface area contributed by atoms with E-state index in [1.807, 2.05) is 40.9 Å². The van der Waals surface area contributed by atoms with Crippen molar-refractivity contribution in [3.63, 3.8) is 0 Å². The number of nitrogens with two attached hydrogens (primary N) is 1. The fourth-order valence-corrected chi connectivity index (χ4v) is 2.70. The Kier molecular flexibility index (Phi) is 4.68. The summed E-state index contributed by atoms with van der Waals surface area (Å²) in [5.74, 6) is 7.93. The molecular formula is C14H16N2OS. The van der Waals surface area contributed by atoms with Crippen LogP contribution in [0.15, 0.2) is 24.3 Å². The van der Waals surface area contributed by atoms with E-state index in [0.717, 1.165) is 35.7 Å². The fraction of sp³-hybridized carbons (Fsp3) is 0.357. The number of hydrogen-bond acceptors (Lipinski definition) is 3. The van der Waals surface area contributed by atoms with Crippen molar-refractivity contribution >= 4 is 17.7 Å². The number of nitrogens with zero attached hydrogens (tertiary/aromatic N) is 1. The van der Waals surface area contributed by atoms with Crippen molar-refractivity contribution in [1.29, 1.82) is 0 Å². The van der Waals surface area contributed by atoms with E-state index in [1.54, 1.807) is 0 Å². The summed E-state index contributed by atoms with van der Waals surface area (Å²) in [7, 11) is 0. The Balaban J connectivity index is 2.06. The van der Waals surface area contributed by atoms with Gasteiger partial charge in [0.2, 0.25) is 0 Å². The lowest BCUT2D eigenvalue weighted by molar-refractivity contribution is 0.0772. The molecule has 0 radical (unpaired) electrons. The molecule has 0 saturated carbocycles. The summed E-state index contributed by atoms with van der Waals surface area (Å²) >= 11 is 1.90. The van der Waals surface area contributed by atoms with Crippen molar-refractivity contribution in [2.45, 2.75) is 0 Å². The van der Waals surface area contributed by atoms with Gasteiger partial charge >= 0.3 is 0 Å². The van der Waals surface area contributed by atoms with Crippen LogP contribution < -0.4 is 5.73 Å². The van der Waals surface area contributed by atoms with Gasteiger partial charge in [0.15, 0.2) is 0 Å². The second-order valence-electron chi connectivity index (χ2n) is 3.99. The molecule has 0 aliphatic carbocycles. The van der Waals surface area contributed by atoms with E-state index in [1.165, 1.54) is 0 Å². The topological polar surface area (TPSA) is 46.3 Å². The molecule has 18 heavy (non-hydrogen) atoms. The lowest BCUT2D eigenvalue weighted by Gasteiger charge is -2.26. The lowest BCUT2D eigenvalue weighted by Crippen LogP contribution is -2.37. The Hall–Kier alpha value is -1.44. The second-order valence-corrected chi connectivity index (χ2v) is 5.21. The molecule has 2 rings (SSSR count). The van der Waals surface area contributed by atoms with Gasteiger partial charge in [-0.25, -0.2) is 0 Å². The monoisotopic (exact) mass is 260 g/mol. The summed E-state index contributed by atoms with van der Waals surface area (Å²) < 4.78 is 0. The first kappa shape index (κ1) is 13.0. The van der Waals surface area contributed by atoms with Crippen LogP contribution >= 0.6 is 11.8 Å². The first-order chi connectivity index (χ1) is 8.81.